The van der Waals surface area contributed by atoms with E-state index in [2.05, 4.69) is 0 Å². The van der Waals surface area contributed by atoms with Gasteiger partial charge in [-0.05, 0) is 53.9 Å². The molecule has 0 aromatic heterocycles. The van der Waals surface area contributed by atoms with Gasteiger partial charge in [-0.2, -0.15) is 0 Å². The predicted octanol–water partition coefficient (Wildman–Crippen LogP) is 2.55. The Balaban J connectivity index is 2.94. The number of carboxylic acid groups (broad SMARTS) is 1. The van der Waals surface area contributed by atoms with Crippen molar-refractivity contribution in [3.63, 3.8) is 0 Å². The Hall–Kier alpha value is -1.26. The Morgan fingerprint density at radius 1 is 1.21 bits per heavy atom. The van der Waals surface area contributed by atoms with Crippen LogP contribution in [0.2, 0.25) is 0 Å². The predicted molar refractivity (Wildman–Crippen MR) is 74.1 cm³/mol. The van der Waals surface area contributed by atoms with Gasteiger partial charge >= 0.3 is 12.0 Å². The zero-order valence-corrected chi connectivity index (χ0v) is 12.6. The molecule has 1 N–H and O–H groups in total. The third-order valence-electron chi connectivity index (χ3n) is 3.75. The van der Waals surface area contributed by atoms with Gasteiger partial charge in [0.25, 0.3) is 0 Å². The Kier molecular flexibility index (Phi) is 4.82. The largest absolute Gasteiger partial charge is 0.480 e. The number of piperidine rings is 1. The summed E-state index contributed by atoms with van der Waals surface area (Å²) in [7, 11) is 0. The van der Waals surface area contributed by atoms with Crippen molar-refractivity contribution in [1.82, 2.24) is 9.80 Å². The maximum atomic E-state index is 12.7. The van der Waals surface area contributed by atoms with Crippen LogP contribution < -0.4 is 0 Å². The Labute approximate surface area is 115 Å². The minimum atomic E-state index is -0.972. The standard InChI is InChI=1S/C14H26N2O3/c1-10-7-6-8-11(2)16(10)13(19)15(9-12(17)18)14(3,4)5/h10-11H,6-9H2,1-5H3,(H,17,18)/t10-,11+. The molecule has 0 spiro atoms. The van der Waals surface area contributed by atoms with E-state index in [4.69, 9.17) is 5.11 Å². The lowest BCUT2D eigenvalue weighted by Crippen LogP contribution is -2.58. The fourth-order valence-electron chi connectivity index (χ4n) is 2.66. The molecule has 0 bridgehead atoms. The Bertz CT molecular complexity index is 339. The molecular formula is C14H26N2O3. The van der Waals surface area contributed by atoms with E-state index >= 15 is 0 Å². The highest BCUT2D eigenvalue weighted by molar-refractivity contribution is 5.81. The lowest BCUT2D eigenvalue weighted by Gasteiger charge is -2.45. The number of hydrogen-bond donors (Lipinski definition) is 1. The average molecular weight is 270 g/mol. The molecule has 1 saturated heterocycles. The number of nitrogens with zero attached hydrogens (tertiary/aromatic N) is 2. The third-order valence-corrected chi connectivity index (χ3v) is 3.75. The first-order chi connectivity index (χ1) is 8.64. The number of urea groups is 1. The summed E-state index contributed by atoms with van der Waals surface area (Å²) in [6.45, 7) is 9.43. The number of aliphatic carboxylic acids is 1. The van der Waals surface area contributed by atoms with E-state index in [0.29, 0.717) is 0 Å². The van der Waals surface area contributed by atoms with Crippen LogP contribution in [-0.2, 0) is 4.79 Å². The van der Waals surface area contributed by atoms with Gasteiger partial charge in [0.05, 0.1) is 0 Å². The number of likely N-dealkylation sites (tertiary alicyclic amines) is 1. The average Bonchev–Trinajstić information content (AvgIpc) is 2.23. The molecule has 2 amide bonds. The molecule has 5 heteroatoms. The highest BCUT2D eigenvalue weighted by atomic mass is 16.4. The van der Waals surface area contributed by atoms with E-state index < -0.39 is 11.5 Å². The maximum absolute atomic E-state index is 12.7. The molecule has 0 aromatic rings. The number of rotatable bonds is 2. The van der Waals surface area contributed by atoms with Crippen molar-refractivity contribution in [2.24, 2.45) is 0 Å². The van der Waals surface area contributed by atoms with Crippen LogP contribution in [0.15, 0.2) is 0 Å². The molecule has 110 valence electrons. The minimum absolute atomic E-state index is 0.158. The zero-order valence-electron chi connectivity index (χ0n) is 12.6. The second-order valence-corrected chi connectivity index (χ2v) is 6.47. The number of carbonyl (C=O) groups excluding carboxylic acids is 1. The van der Waals surface area contributed by atoms with Gasteiger partial charge in [-0.1, -0.05) is 0 Å². The van der Waals surface area contributed by atoms with E-state index in [1.54, 1.807) is 0 Å². The van der Waals surface area contributed by atoms with Gasteiger partial charge in [-0.3, -0.25) is 4.79 Å². The SMILES string of the molecule is C[C@@H]1CCC[C@H](C)N1C(=O)N(CC(=O)O)C(C)(C)C. The smallest absolute Gasteiger partial charge is 0.323 e. The van der Waals surface area contributed by atoms with Crippen LogP contribution in [0, 0.1) is 0 Å². The van der Waals surface area contributed by atoms with Crippen LogP contribution in [0.1, 0.15) is 53.9 Å². The molecule has 0 unspecified atom stereocenters. The highest BCUT2D eigenvalue weighted by Gasteiger charge is 2.37. The molecule has 1 rings (SSSR count). The third kappa shape index (κ3) is 3.85. The van der Waals surface area contributed by atoms with E-state index in [1.807, 2.05) is 39.5 Å². The Morgan fingerprint density at radius 3 is 2.05 bits per heavy atom. The van der Waals surface area contributed by atoms with Crippen LogP contribution in [0.4, 0.5) is 4.79 Å². The molecule has 5 nitrogen and oxygen atoms in total. The molecule has 1 fully saturated rings. The quantitative estimate of drug-likeness (QED) is 0.839. The molecule has 1 aliphatic heterocycles. The second kappa shape index (κ2) is 5.80. The van der Waals surface area contributed by atoms with Crippen molar-refractivity contribution in [2.45, 2.75) is 71.5 Å². The summed E-state index contributed by atoms with van der Waals surface area (Å²) in [4.78, 5) is 27.0. The normalized spacial score (nSPS) is 24.2. The summed E-state index contributed by atoms with van der Waals surface area (Å²) >= 11 is 0. The molecule has 1 heterocycles. The Morgan fingerprint density at radius 2 is 1.68 bits per heavy atom. The van der Waals surface area contributed by atoms with Crippen molar-refractivity contribution >= 4 is 12.0 Å². The molecule has 0 aliphatic carbocycles. The van der Waals surface area contributed by atoms with Gasteiger partial charge in [0, 0.05) is 17.6 Å². The minimum Gasteiger partial charge on any atom is -0.480 e. The summed E-state index contributed by atoms with van der Waals surface area (Å²) < 4.78 is 0. The van der Waals surface area contributed by atoms with Crippen LogP contribution in [0.25, 0.3) is 0 Å². The van der Waals surface area contributed by atoms with Gasteiger partial charge in [-0.25, -0.2) is 4.79 Å². The van der Waals surface area contributed by atoms with Crippen LogP contribution in [0.3, 0.4) is 0 Å². The van der Waals surface area contributed by atoms with E-state index in [1.165, 1.54) is 4.90 Å². The van der Waals surface area contributed by atoms with Crippen LogP contribution in [0.5, 0.6) is 0 Å². The van der Waals surface area contributed by atoms with Gasteiger partial charge in [0.15, 0.2) is 0 Å². The number of hydrogen-bond acceptors (Lipinski definition) is 2. The molecule has 1 aliphatic rings. The molecule has 0 saturated carbocycles. The summed E-state index contributed by atoms with van der Waals surface area (Å²) in [5.41, 5.74) is -0.494. The number of carboxylic acids is 1. The van der Waals surface area contributed by atoms with E-state index in [-0.39, 0.29) is 24.7 Å². The first kappa shape index (κ1) is 15.8. The number of carbonyl (C=O) groups is 2. The fourth-order valence-corrected chi connectivity index (χ4v) is 2.66. The van der Waals surface area contributed by atoms with Gasteiger partial charge in [0.2, 0.25) is 0 Å². The van der Waals surface area contributed by atoms with Gasteiger partial charge in [-0.15, -0.1) is 0 Å². The van der Waals surface area contributed by atoms with Crippen molar-refractivity contribution in [3.8, 4) is 0 Å². The van der Waals surface area contributed by atoms with Gasteiger partial charge < -0.3 is 14.9 Å². The summed E-state index contributed by atoms with van der Waals surface area (Å²) in [5.74, 6) is -0.972. The second-order valence-electron chi connectivity index (χ2n) is 6.47. The summed E-state index contributed by atoms with van der Waals surface area (Å²) in [5, 5.41) is 9.01. The number of amides is 2. The first-order valence-corrected chi connectivity index (χ1v) is 6.96. The maximum Gasteiger partial charge on any atom is 0.323 e. The molecule has 2 atom stereocenters. The van der Waals surface area contributed by atoms with E-state index in [9.17, 15) is 9.59 Å². The van der Waals surface area contributed by atoms with E-state index in [0.717, 1.165) is 19.3 Å². The summed E-state index contributed by atoms with van der Waals surface area (Å²) in [6, 6.07) is 0.194. The summed E-state index contributed by atoms with van der Waals surface area (Å²) in [6.07, 6.45) is 3.10. The zero-order chi connectivity index (χ0) is 14.8. The van der Waals surface area contributed by atoms with Crippen molar-refractivity contribution in [2.75, 3.05) is 6.54 Å². The molecule has 0 radical (unpaired) electrons. The van der Waals surface area contributed by atoms with Crippen LogP contribution in [-0.4, -0.2) is 51.1 Å². The van der Waals surface area contributed by atoms with Crippen molar-refractivity contribution in [1.29, 1.82) is 0 Å². The molecular weight excluding hydrogens is 244 g/mol. The highest BCUT2D eigenvalue weighted by Crippen LogP contribution is 2.26. The fraction of sp³-hybridized carbons (Fsp3) is 0.857. The van der Waals surface area contributed by atoms with Gasteiger partial charge in [0.1, 0.15) is 6.54 Å². The van der Waals surface area contributed by atoms with Crippen LogP contribution >= 0.6 is 0 Å². The topological polar surface area (TPSA) is 60.9 Å². The lowest BCUT2D eigenvalue weighted by molar-refractivity contribution is -0.139. The van der Waals surface area contributed by atoms with Crippen molar-refractivity contribution < 1.29 is 14.7 Å². The molecule has 19 heavy (non-hydrogen) atoms. The molecule has 0 aromatic carbocycles. The lowest BCUT2D eigenvalue weighted by atomic mass is 9.97. The van der Waals surface area contributed by atoms with Crippen molar-refractivity contribution in [3.05, 3.63) is 0 Å². The first-order valence-electron chi connectivity index (χ1n) is 6.96. The monoisotopic (exact) mass is 270 g/mol.